The van der Waals surface area contributed by atoms with Crippen LogP contribution in [0.4, 0.5) is 0 Å². The predicted molar refractivity (Wildman–Crippen MR) is 113 cm³/mol. The minimum absolute atomic E-state index is 0.0302. The van der Waals surface area contributed by atoms with Gasteiger partial charge in [-0.05, 0) is 49.3 Å². The second kappa shape index (κ2) is 8.55. The Bertz CT molecular complexity index is 1040. The van der Waals surface area contributed by atoms with E-state index in [2.05, 4.69) is 34.6 Å². The number of nitrogens with zero attached hydrogens (tertiary/aromatic N) is 4. The number of hydrogen-bond acceptors (Lipinski definition) is 4. The molecule has 29 heavy (non-hydrogen) atoms. The molecule has 1 amide bonds. The molecule has 1 aliphatic heterocycles. The van der Waals surface area contributed by atoms with Crippen LogP contribution >= 0.6 is 0 Å². The highest BCUT2D eigenvalue weighted by Gasteiger charge is 2.30. The van der Waals surface area contributed by atoms with Gasteiger partial charge in [0.1, 0.15) is 11.6 Å². The molecule has 2 heterocycles. The first kappa shape index (κ1) is 19.3. The number of rotatable bonds is 5. The van der Waals surface area contributed by atoms with E-state index in [1.165, 1.54) is 10.2 Å². The molecule has 0 saturated carbocycles. The lowest BCUT2D eigenvalue weighted by molar-refractivity contribution is -0.136. The summed E-state index contributed by atoms with van der Waals surface area (Å²) in [6.07, 6.45) is 3.52. The van der Waals surface area contributed by atoms with E-state index in [-0.39, 0.29) is 11.5 Å². The first-order valence-electron chi connectivity index (χ1n) is 10.3. The van der Waals surface area contributed by atoms with Crippen molar-refractivity contribution in [2.24, 2.45) is 5.92 Å². The number of hydrogen-bond donors (Lipinski definition) is 0. The minimum Gasteiger partial charge on any atom is -0.341 e. The van der Waals surface area contributed by atoms with E-state index in [0.717, 1.165) is 32.4 Å². The molecule has 1 saturated heterocycles. The number of aromatic nitrogens is 3. The molecule has 0 unspecified atom stereocenters. The van der Waals surface area contributed by atoms with Crippen molar-refractivity contribution in [3.05, 3.63) is 70.5 Å². The molecule has 1 fully saturated rings. The lowest BCUT2D eigenvalue weighted by Crippen LogP contribution is -2.45. The maximum Gasteiger partial charge on any atom is 0.278 e. The fourth-order valence-electron chi connectivity index (χ4n) is 4.17. The van der Waals surface area contributed by atoms with Gasteiger partial charge in [-0.3, -0.25) is 9.59 Å². The van der Waals surface area contributed by atoms with Gasteiger partial charge in [0.25, 0.3) is 5.56 Å². The number of carbonyl (C=O) groups excluding carboxylic acids is 1. The summed E-state index contributed by atoms with van der Waals surface area (Å²) in [6.45, 7) is 3.36. The zero-order valence-electron chi connectivity index (χ0n) is 16.7. The van der Waals surface area contributed by atoms with Crippen LogP contribution in [0.1, 0.15) is 37.8 Å². The maximum atomic E-state index is 13.2. The predicted octanol–water partition coefficient (Wildman–Crippen LogP) is 3.22. The quantitative estimate of drug-likeness (QED) is 0.671. The molecule has 3 aromatic rings. The molecular weight excluding hydrogens is 364 g/mol. The Morgan fingerprint density at radius 1 is 1.07 bits per heavy atom. The SMILES string of the molecule is CC[C@H](C(=O)N1CCC(Cc2ccccc2)CC1)n1nnc2ccccc2c1=O. The smallest absolute Gasteiger partial charge is 0.278 e. The third kappa shape index (κ3) is 4.06. The molecule has 1 aromatic heterocycles. The molecule has 2 aromatic carbocycles. The Hall–Kier alpha value is -3.02. The molecule has 0 bridgehead atoms. The highest BCUT2D eigenvalue weighted by Crippen LogP contribution is 2.24. The Kier molecular flexibility index (Phi) is 5.69. The van der Waals surface area contributed by atoms with Crippen LogP contribution in [0.25, 0.3) is 10.9 Å². The van der Waals surface area contributed by atoms with Gasteiger partial charge in [0.05, 0.1) is 5.39 Å². The fraction of sp³-hybridized carbons (Fsp3) is 0.391. The molecule has 0 N–H and O–H groups in total. The molecule has 0 radical (unpaired) electrons. The van der Waals surface area contributed by atoms with Crippen molar-refractivity contribution in [3.63, 3.8) is 0 Å². The largest absolute Gasteiger partial charge is 0.341 e. The third-order valence-electron chi connectivity index (χ3n) is 5.85. The van der Waals surface area contributed by atoms with Crippen LogP contribution in [0.2, 0.25) is 0 Å². The Balaban J connectivity index is 1.46. The summed E-state index contributed by atoms with van der Waals surface area (Å²) >= 11 is 0. The fourth-order valence-corrected chi connectivity index (χ4v) is 4.17. The topological polar surface area (TPSA) is 68.1 Å². The second-order valence-corrected chi connectivity index (χ2v) is 7.74. The molecule has 1 aliphatic rings. The van der Waals surface area contributed by atoms with Crippen molar-refractivity contribution in [1.29, 1.82) is 0 Å². The van der Waals surface area contributed by atoms with Gasteiger partial charge in [-0.1, -0.05) is 54.6 Å². The Morgan fingerprint density at radius 2 is 1.76 bits per heavy atom. The summed E-state index contributed by atoms with van der Waals surface area (Å²) in [7, 11) is 0. The molecule has 6 heteroatoms. The highest BCUT2D eigenvalue weighted by molar-refractivity contribution is 5.81. The molecule has 4 rings (SSSR count). The summed E-state index contributed by atoms with van der Waals surface area (Å²) < 4.78 is 1.26. The lowest BCUT2D eigenvalue weighted by Gasteiger charge is -2.34. The van der Waals surface area contributed by atoms with Gasteiger partial charge in [0.2, 0.25) is 5.91 Å². The van der Waals surface area contributed by atoms with Gasteiger partial charge >= 0.3 is 0 Å². The van der Waals surface area contributed by atoms with Gasteiger partial charge in [-0.2, -0.15) is 4.68 Å². The van der Waals surface area contributed by atoms with Crippen LogP contribution in [0.3, 0.4) is 0 Å². The molecule has 0 spiro atoms. The number of carbonyl (C=O) groups is 1. The maximum absolute atomic E-state index is 13.2. The van der Waals surface area contributed by atoms with E-state index in [4.69, 9.17) is 0 Å². The molecule has 1 atom stereocenters. The Morgan fingerprint density at radius 3 is 2.48 bits per heavy atom. The van der Waals surface area contributed by atoms with Gasteiger partial charge in [-0.15, -0.1) is 5.10 Å². The summed E-state index contributed by atoms with van der Waals surface area (Å²) in [4.78, 5) is 27.9. The van der Waals surface area contributed by atoms with Crippen LogP contribution in [0.5, 0.6) is 0 Å². The average molecular weight is 390 g/mol. The van der Waals surface area contributed by atoms with E-state index >= 15 is 0 Å². The van der Waals surface area contributed by atoms with Crippen molar-refractivity contribution < 1.29 is 4.79 Å². The average Bonchev–Trinajstić information content (AvgIpc) is 2.77. The first-order chi connectivity index (χ1) is 14.2. The van der Waals surface area contributed by atoms with Crippen LogP contribution in [0, 0.1) is 5.92 Å². The van der Waals surface area contributed by atoms with E-state index in [1.54, 1.807) is 18.2 Å². The van der Waals surface area contributed by atoms with Gasteiger partial charge in [-0.25, -0.2) is 0 Å². The van der Waals surface area contributed by atoms with E-state index in [0.29, 0.717) is 23.2 Å². The van der Waals surface area contributed by atoms with Gasteiger partial charge in [0.15, 0.2) is 0 Å². The Labute approximate surface area is 170 Å². The van der Waals surface area contributed by atoms with Crippen molar-refractivity contribution in [3.8, 4) is 0 Å². The van der Waals surface area contributed by atoms with Crippen molar-refractivity contribution >= 4 is 16.8 Å². The monoisotopic (exact) mass is 390 g/mol. The molecule has 0 aliphatic carbocycles. The number of piperidine rings is 1. The molecular formula is C23H26N4O2. The van der Waals surface area contributed by atoms with E-state index in [1.807, 2.05) is 24.0 Å². The zero-order chi connectivity index (χ0) is 20.2. The zero-order valence-corrected chi connectivity index (χ0v) is 16.7. The number of benzene rings is 2. The molecule has 6 nitrogen and oxygen atoms in total. The standard InChI is InChI=1S/C23H26N4O2/c1-2-21(27-22(28)19-10-6-7-11-20(19)24-25-27)23(29)26-14-12-18(13-15-26)16-17-8-4-3-5-9-17/h3-11,18,21H,2,12-16H2,1H3/t21-/m1/s1. The van der Waals surface area contributed by atoms with Crippen LogP contribution in [-0.4, -0.2) is 38.9 Å². The second-order valence-electron chi connectivity index (χ2n) is 7.74. The van der Waals surface area contributed by atoms with Crippen LogP contribution < -0.4 is 5.56 Å². The summed E-state index contributed by atoms with van der Waals surface area (Å²) in [5.74, 6) is 0.557. The minimum atomic E-state index is -0.606. The van der Waals surface area contributed by atoms with Crippen molar-refractivity contribution in [2.45, 2.75) is 38.6 Å². The van der Waals surface area contributed by atoms with E-state index < -0.39 is 6.04 Å². The normalized spacial score (nSPS) is 16.1. The first-order valence-corrected chi connectivity index (χ1v) is 10.3. The lowest BCUT2D eigenvalue weighted by atomic mass is 9.90. The summed E-state index contributed by atoms with van der Waals surface area (Å²) in [6, 6.07) is 17.0. The van der Waals surface area contributed by atoms with Crippen molar-refractivity contribution in [1.82, 2.24) is 19.9 Å². The van der Waals surface area contributed by atoms with Crippen molar-refractivity contribution in [2.75, 3.05) is 13.1 Å². The van der Waals surface area contributed by atoms with Gasteiger partial charge in [0, 0.05) is 13.1 Å². The summed E-state index contributed by atoms with van der Waals surface area (Å²) in [5, 5.41) is 8.71. The molecule has 150 valence electrons. The van der Waals surface area contributed by atoms with E-state index in [9.17, 15) is 9.59 Å². The number of fused-ring (bicyclic) bond motifs is 1. The number of likely N-dealkylation sites (tertiary alicyclic amines) is 1. The number of amides is 1. The van der Waals surface area contributed by atoms with Crippen LogP contribution in [0.15, 0.2) is 59.4 Å². The third-order valence-corrected chi connectivity index (χ3v) is 5.85. The van der Waals surface area contributed by atoms with Gasteiger partial charge < -0.3 is 4.90 Å². The van der Waals surface area contributed by atoms with Crippen LogP contribution in [-0.2, 0) is 11.2 Å². The summed E-state index contributed by atoms with van der Waals surface area (Å²) in [5.41, 5.74) is 1.65. The highest BCUT2D eigenvalue weighted by atomic mass is 16.2.